The predicted molar refractivity (Wildman–Crippen MR) is 123 cm³/mol. The van der Waals surface area contributed by atoms with E-state index < -0.39 is 9.84 Å². The second-order valence-electron chi connectivity index (χ2n) is 10.4. The van der Waals surface area contributed by atoms with Crippen LogP contribution >= 0.6 is 0 Å². The van der Waals surface area contributed by atoms with E-state index in [9.17, 15) is 13.6 Å². The zero-order chi connectivity index (χ0) is 23.1. The number of sulfone groups is 1. The molecule has 1 fully saturated rings. The Morgan fingerprint density at radius 3 is 2.44 bits per heavy atom. The minimum absolute atomic E-state index is 0.0852. The molecule has 0 atom stereocenters. The van der Waals surface area contributed by atoms with Gasteiger partial charge in [-0.25, -0.2) is 13.4 Å². The van der Waals surface area contributed by atoms with Crippen molar-refractivity contribution in [2.45, 2.75) is 82.6 Å². The highest BCUT2D eigenvalue weighted by Gasteiger charge is 2.25. The van der Waals surface area contributed by atoms with E-state index in [2.05, 4.69) is 25.3 Å². The van der Waals surface area contributed by atoms with Crippen molar-refractivity contribution < 1.29 is 18.4 Å². The molecular weight excluding hydrogens is 422 g/mol. The lowest BCUT2D eigenvalue weighted by Crippen LogP contribution is -2.33. The Morgan fingerprint density at radius 2 is 1.78 bits per heavy atom. The first-order chi connectivity index (χ1) is 15.0. The molecule has 2 heterocycles. The molecule has 1 aliphatic rings. The van der Waals surface area contributed by atoms with Gasteiger partial charge in [0.2, 0.25) is 21.7 Å². The van der Waals surface area contributed by atoms with E-state index in [1.54, 1.807) is 19.1 Å². The molecule has 0 unspecified atom stereocenters. The van der Waals surface area contributed by atoms with Crippen molar-refractivity contribution in [3.05, 3.63) is 48.0 Å². The van der Waals surface area contributed by atoms with Gasteiger partial charge in [0, 0.05) is 36.8 Å². The second kappa shape index (κ2) is 8.50. The van der Waals surface area contributed by atoms with Crippen LogP contribution in [0.3, 0.4) is 0 Å². The Balaban J connectivity index is 1.77. The molecule has 2 aromatic heterocycles. The van der Waals surface area contributed by atoms with E-state index in [1.807, 2.05) is 6.07 Å². The Labute approximate surface area is 190 Å². The topological polar surface area (TPSA) is 76.1 Å². The van der Waals surface area contributed by atoms with Gasteiger partial charge in [-0.15, -0.1) is 0 Å². The number of hydrogen-bond donors (Lipinski definition) is 1. The molecule has 0 bridgehead atoms. The quantitative estimate of drug-likeness (QED) is 0.439. The molecule has 172 valence electrons. The molecule has 1 aliphatic carbocycles. The molecule has 3 aromatic rings. The number of aryl methyl sites for hydroxylation is 1. The van der Waals surface area contributed by atoms with Crippen LogP contribution in [-0.2, 0) is 22.8 Å². The summed E-state index contributed by atoms with van der Waals surface area (Å²) >= 11 is 0. The fourth-order valence-electron chi connectivity index (χ4n) is 4.65. The minimum atomic E-state index is -3.71. The molecule has 0 saturated heterocycles. The summed E-state index contributed by atoms with van der Waals surface area (Å²) in [7, 11) is -3.71. The van der Waals surface area contributed by atoms with Gasteiger partial charge in [0.25, 0.3) is 0 Å². The summed E-state index contributed by atoms with van der Waals surface area (Å²) < 4.78 is 29.7. The van der Waals surface area contributed by atoms with E-state index in [0.717, 1.165) is 34.6 Å². The summed E-state index contributed by atoms with van der Waals surface area (Å²) in [4.78, 5) is 5.31. The summed E-state index contributed by atoms with van der Waals surface area (Å²) in [6.45, 7) is 9.23. The Hall–Kier alpha value is -2.41. The van der Waals surface area contributed by atoms with Crippen molar-refractivity contribution in [2.24, 2.45) is 11.3 Å². The standard InChI is InChI=1S/C25H34N3O3S/c1-18-14-21(12-13-28(18)29)32(30,31)20-10-11-23-22(15-20)26-24(16-25(2,3)4)27(23)17-19-8-6-5-7-9-19/h10-15,19,29H,5-9,16-17H2,1-4H3/q+1. The zero-order valence-corrected chi connectivity index (χ0v) is 20.3. The predicted octanol–water partition coefficient (Wildman–Crippen LogP) is 4.87. The number of nitrogens with zero attached hydrogens (tertiary/aromatic N) is 3. The molecule has 4 rings (SSSR count). The van der Waals surface area contributed by atoms with Crippen molar-refractivity contribution >= 4 is 20.9 Å². The Bertz CT molecular complexity index is 1230. The van der Waals surface area contributed by atoms with E-state index in [1.165, 1.54) is 50.4 Å². The van der Waals surface area contributed by atoms with Crippen molar-refractivity contribution in [2.75, 3.05) is 0 Å². The molecule has 6 nitrogen and oxygen atoms in total. The van der Waals surface area contributed by atoms with Crippen LogP contribution < -0.4 is 4.73 Å². The van der Waals surface area contributed by atoms with Crippen molar-refractivity contribution in [1.29, 1.82) is 0 Å². The number of benzene rings is 1. The first kappa shape index (κ1) is 22.8. The SMILES string of the molecule is Cc1cc(S(=O)(=O)c2ccc3c(c2)nc(CC(C)(C)C)n3CC2CCCCC2)cc[n+]1O. The maximum Gasteiger partial charge on any atom is 0.232 e. The normalized spacial score (nSPS) is 16.0. The summed E-state index contributed by atoms with van der Waals surface area (Å²) in [6.07, 6.45) is 8.59. The van der Waals surface area contributed by atoms with Crippen LogP contribution in [0.4, 0.5) is 0 Å². The molecule has 1 aromatic carbocycles. The van der Waals surface area contributed by atoms with Gasteiger partial charge in [-0.05, 0) is 42.4 Å². The molecule has 1 N–H and O–H groups in total. The van der Waals surface area contributed by atoms with Crippen LogP contribution in [0.2, 0.25) is 0 Å². The summed E-state index contributed by atoms with van der Waals surface area (Å²) in [5, 5.41) is 9.69. The van der Waals surface area contributed by atoms with Crippen LogP contribution in [0.1, 0.15) is 64.4 Å². The van der Waals surface area contributed by atoms with Gasteiger partial charge in [-0.1, -0.05) is 40.0 Å². The molecule has 7 heteroatoms. The van der Waals surface area contributed by atoms with E-state index in [4.69, 9.17) is 4.98 Å². The average molecular weight is 457 g/mol. The monoisotopic (exact) mass is 456 g/mol. The third kappa shape index (κ3) is 4.68. The third-order valence-corrected chi connectivity index (χ3v) is 8.11. The molecule has 0 radical (unpaired) electrons. The highest BCUT2D eigenvalue weighted by atomic mass is 32.2. The number of imidazole rings is 1. The largest absolute Gasteiger partial charge is 0.328 e. The molecular formula is C25H34N3O3S+. The fourth-order valence-corrected chi connectivity index (χ4v) is 6.00. The van der Waals surface area contributed by atoms with Gasteiger partial charge >= 0.3 is 0 Å². The summed E-state index contributed by atoms with van der Waals surface area (Å²) in [6, 6.07) is 8.19. The third-order valence-electron chi connectivity index (χ3n) is 6.37. The van der Waals surface area contributed by atoms with E-state index >= 15 is 0 Å². The molecule has 0 aliphatic heterocycles. The molecule has 0 amide bonds. The van der Waals surface area contributed by atoms with Gasteiger partial charge in [0.05, 0.1) is 20.8 Å². The highest BCUT2D eigenvalue weighted by molar-refractivity contribution is 7.91. The van der Waals surface area contributed by atoms with Gasteiger partial charge in [-0.2, -0.15) is 0 Å². The second-order valence-corrected chi connectivity index (χ2v) is 12.3. The maximum absolute atomic E-state index is 13.3. The van der Waals surface area contributed by atoms with Crippen LogP contribution in [-0.4, -0.2) is 23.2 Å². The molecule has 32 heavy (non-hydrogen) atoms. The molecule has 0 spiro atoms. The highest BCUT2D eigenvalue weighted by Crippen LogP contribution is 2.31. The number of pyridine rings is 1. The van der Waals surface area contributed by atoms with Crippen LogP contribution in [0.25, 0.3) is 11.0 Å². The van der Waals surface area contributed by atoms with Gasteiger partial charge in [-0.3, -0.25) is 5.21 Å². The average Bonchev–Trinajstić information content (AvgIpc) is 3.05. The summed E-state index contributed by atoms with van der Waals surface area (Å²) in [5.41, 5.74) is 2.27. The van der Waals surface area contributed by atoms with Gasteiger partial charge in [0.15, 0.2) is 0 Å². The zero-order valence-electron chi connectivity index (χ0n) is 19.5. The van der Waals surface area contributed by atoms with Crippen LogP contribution in [0.5, 0.6) is 0 Å². The number of hydrogen-bond acceptors (Lipinski definition) is 4. The lowest BCUT2D eigenvalue weighted by Gasteiger charge is -2.25. The number of fused-ring (bicyclic) bond motifs is 1. The first-order valence-corrected chi connectivity index (χ1v) is 13.0. The number of rotatable bonds is 5. The van der Waals surface area contributed by atoms with E-state index in [-0.39, 0.29) is 15.2 Å². The number of aromatic nitrogens is 3. The van der Waals surface area contributed by atoms with Crippen molar-refractivity contribution in [1.82, 2.24) is 9.55 Å². The fraction of sp³-hybridized carbons (Fsp3) is 0.520. The Morgan fingerprint density at radius 1 is 1.09 bits per heavy atom. The van der Waals surface area contributed by atoms with Crippen molar-refractivity contribution in [3.63, 3.8) is 0 Å². The summed E-state index contributed by atoms with van der Waals surface area (Å²) in [5.74, 6) is 1.69. The van der Waals surface area contributed by atoms with Crippen molar-refractivity contribution in [3.8, 4) is 0 Å². The first-order valence-electron chi connectivity index (χ1n) is 11.5. The Kier molecular flexibility index (Phi) is 6.05. The molecule has 1 saturated carbocycles. The smallest absolute Gasteiger partial charge is 0.232 e. The van der Waals surface area contributed by atoms with Gasteiger partial charge in [0.1, 0.15) is 5.82 Å². The van der Waals surface area contributed by atoms with Crippen LogP contribution in [0, 0.1) is 18.3 Å². The van der Waals surface area contributed by atoms with Gasteiger partial charge < -0.3 is 4.57 Å². The van der Waals surface area contributed by atoms with E-state index in [0.29, 0.717) is 11.6 Å². The minimum Gasteiger partial charge on any atom is -0.328 e. The lowest BCUT2D eigenvalue weighted by molar-refractivity contribution is -0.909. The maximum atomic E-state index is 13.3. The van der Waals surface area contributed by atoms with Crippen LogP contribution in [0.15, 0.2) is 46.3 Å². The lowest BCUT2D eigenvalue weighted by atomic mass is 9.88.